The first kappa shape index (κ1) is 20.5. The molecule has 2 aromatic heterocycles. The zero-order chi connectivity index (χ0) is 20.3. The number of aliphatic hydroxyl groups is 1. The number of anilines is 1. The van der Waals surface area contributed by atoms with Crippen molar-refractivity contribution in [3.8, 4) is 10.4 Å². The van der Waals surface area contributed by atoms with Crippen molar-refractivity contribution in [2.24, 2.45) is 0 Å². The smallest absolute Gasteiger partial charge is 0.269 e. The van der Waals surface area contributed by atoms with Gasteiger partial charge in [0.25, 0.3) is 10.0 Å². The number of thiophene rings is 1. The molecule has 0 radical (unpaired) electrons. The van der Waals surface area contributed by atoms with Gasteiger partial charge >= 0.3 is 0 Å². The van der Waals surface area contributed by atoms with Crippen LogP contribution in [0.2, 0.25) is 0 Å². The van der Waals surface area contributed by atoms with E-state index in [1.807, 2.05) is 19.1 Å². The molecule has 1 N–H and O–H groups in total. The summed E-state index contributed by atoms with van der Waals surface area (Å²) >= 11 is 1.40. The molecule has 0 atom stereocenters. The maximum Gasteiger partial charge on any atom is 0.269 e. The van der Waals surface area contributed by atoms with Gasteiger partial charge in [0.1, 0.15) is 17.4 Å². The molecule has 28 heavy (non-hydrogen) atoms. The number of aliphatic hydroxyl groups excluding tert-OH is 1. The van der Waals surface area contributed by atoms with Crippen LogP contribution in [0, 0.1) is 13.8 Å². The summed E-state index contributed by atoms with van der Waals surface area (Å²) in [6.45, 7) is 5.49. The topological polar surface area (TPSA) is 92.9 Å². The molecule has 0 saturated heterocycles. The number of hydrogen-bond acceptors (Lipinski definition) is 7. The van der Waals surface area contributed by atoms with E-state index in [0.717, 1.165) is 20.3 Å². The molecule has 1 aromatic carbocycles. The molecule has 0 aliphatic heterocycles. The first-order chi connectivity index (χ1) is 13.4. The number of hydrogen-bond donors (Lipinski definition) is 1. The van der Waals surface area contributed by atoms with Crippen LogP contribution in [-0.4, -0.2) is 32.0 Å². The van der Waals surface area contributed by atoms with Gasteiger partial charge in [0, 0.05) is 17.6 Å². The van der Waals surface area contributed by atoms with Crippen LogP contribution in [0.3, 0.4) is 0 Å². The summed E-state index contributed by atoms with van der Waals surface area (Å²) < 4.78 is 38.6. The largest absolute Gasteiger partial charge is 0.392 e. The van der Waals surface area contributed by atoms with Crippen molar-refractivity contribution in [2.45, 2.75) is 32.3 Å². The van der Waals surface area contributed by atoms with Crippen molar-refractivity contribution in [1.82, 2.24) is 5.16 Å². The Balaban J connectivity index is 2.09. The van der Waals surface area contributed by atoms with Crippen LogP contribution >= 0.6 is 11.3 Å². The van der Waals surface area contributed by atoms with Gasteiger partial charge in [-0.25, -0.2) is 12.7 Å². The highest BCUT2D eigenvalue weighted by atomic mass is 32.2. The maximum absolute atomic E-state index is 13.5. The summed E-state index contributed by atoms with van der Waals surface area (Å²) in [5, 5.41) is 13.1. The number of benzene rings is 1. The second-order valence-electron chi connectivity index (χ2n) is 6.18. The van der Waals surface area contributed by atoms with E-state index in [2.05, 4.69) is 5.16 Å². The predicted octanol–water partition coefficient (Wildman–Crippen LogP) is 3.70. The molecule has 0 aliphatic carbocycles. The molecule has 3 rings (SSSR count). The first-order valence-corrected chi connectivity index (χ1v) is 11.0. The summed E-state index contributed by atoms with van der Waals surface area (Å²) in [4.78, 5) is 1.68. The molecule has 0 amide bonds. The van der Waals surface area contributed by atoms with Crippen LogP contribution in [-0.2, 0) is 21.4 Å². The van der Waals surface area contributed by atoms with Gasteiger partial charge in [0.2, 0.25) is 0 Å². The molecule has 7 nitrogen and oxygen atoms in total. The van der Waals surface area contributed by atoms with Crippen LogP contribution in [0.4, 0.5) is 5.82 Å². The molecular weight excluding hydrogens is 400 g/mol. The van der Waals surface area contributed by atoms with Gasteiger partial charge in [-0.1, -0.05) is 29.4 Å². The molecule has 0 unspecified atom stereocenters. The summed E-state index contributed by atoms with van der Waals surface area (Å²) in [6.07, 6.45) is 0. The second kappa shape index (κ2) is 8.44. The number of aryl methyl sites for hydroxylation is 2. The van der Waals surface area contributed by atoms with E-state index < -0.39 is 10.0 Å². The summed E-state index contributed by atoms with van der Waals surface area (Å²) in [7, 11) is -3.94. The highest BCUT2D eigenvalue weighted by Gasteiger charge is 2.31. The molecular formula is C19H22N2O5S2. The third-order valence-corrected chi connectivity index (χ3v) is 7.05. The van der Waals surface area contributed by atoms with Crippen LogP contribution in [0.25, 0.3) is 10.4 Å². The van der Waals surface area contributed by atoms with Gasteiger partial charge in [0.15, 0.2) is 5.82 Å². The van der Waals surface area contributed by atoms with Crippen molar-refractivity contribution >= 4 is 27.2 Å². The van der Waals surface area contributed by atoms with Gasteiger partial charge in [-0.05, 0) is 38.0 Å². The Morgan fingerprint density at radius 3 is 2.50 bits per heavy atom. The monoisotopic (exact) mass is 422 g/mol. The Morgan fingerprint density at radius 1 is 1.21 bits per heavy atom. The number of nitrogens with zero attached hydrogens (tertiary/aromatic N) is 2. The van der Waals surface area contributed by atoms with Crippen molar-refractivity contribution in [3.05, 3.63) is 52.6 Å². The van der Waals surface area contributed by atoms with Crippen LogP contribution in [0.1, 0.15) is 23.1 Å². The zero-order valence-corrected chi connectivity index (χ0v) is 17.5. The Bertz CT molecular complexity index is 1040. The Morgan fingerprint density at radius 2 is 1.93 bits per heavy atom. The third-order valence-electron chi connectivity index (χ3n) is 4.07. The highest BCUT2D eigenvalue weighted by molar-refractivity contribution is 7.93. The number of sulfonamides is 1. The quantitative estimate of drug-likeness (QED) is 0.557. The fourth-order valence-electron chi connectivity index (χ4n) is 2.67. The first-order valence-electron chi connectivity index (χ1n) is 8.71. The summed E-state index contributed by atoms with van der Waals surface area (Å²) in [5.41, 5.74) is 1.53. The van der Waals surface area contributed by atoms with Crippen molar-refractivity contribution in [3.63, 3.8) is 0 Å². The number of aromatic nitrogens is 1. The lowest BCUT2D eigenvalue weighted by atomic mass is 10.1. The summed E-state index contributed by atoms with van der Waals surface area (Å²) in [5.74, 6) is 0.685. The van der Waals surface area contributed by atoms with E-state index in [1.54, 1.807) is 38.1 Å². The van der Waals surface area contributed by atoms with E-state index in [9.17, 15) is 13.5 Å². The number of rotatable bonds is 8. The van der Waals surface area contributed by atoms with Crippen molar-refractivity contribution < 1.29 is 22.8 Å². The van der Waals surface area contributed by atoms with E-state index >= 15 is 0 Å². The molecule has 9 heteroatoms. The van der Waals surface area contributed by atoms with Gasteiger partial charge in [-0.3, -0.25) is 0 Å². The van der Waals surface area contributed by atoms with Gasteiger partial charge in [-0.15, -0.1) is 11.3 Å². The average molecular weight is 423 g/mol. The molecule has 150 valence electrons. The third kappa shape index (κ3) is 4.12. The predicted molar refractivity (Wildman–Crippen MR) is 108 cm³/mol. The normalized spacial score (nSPS) is 11.7. The minimum absolute atomic E-state index is 0.0669. The maximum atomic E-state index is 13.5. The number of ether oxygens (including phenoxy) is 1. The molecule has 0 bridgehead atoms. The molecule has 0 saturated carbocycles. The highest BCUT2D eigenvalue weighted by Crippen LogP contribution is 2.38. The van der Waals surface area contributed by atoms with Gasteiger partial charge in [0.05, 0.1) is 11.5 Å². The lowest BCUT2D eigenvalue weighted by Crippen LogP contribution is -2.33. The summed E-state index contributed by atoms with van der Waals surface area (Å²) in [6, 6.07) is 10.4. The Labute approximate surface area is 168 Å². The van der Waals surface area contributed by atoms with Gasteiger partial charge in [-0.2, -0.15) is 0 Å². The zero-order valence-electron chi connectivity index (χ0n) is 15.9. The molecule has 3 aromatic rings. The second-order valence-corrected chi connectivity index (χ2v) is 9.26. The van der Waals surface area contributed by atoms with Crippen LogP contribution in [0.5, 0.6) is 0 Å². The minimum Gasteiger partial charge on any atom is -0.392 e. The minimum atomic E-state index is -3.94. The fraction of sp³-hybridized carbons (Fsp3) is 0.316. The Kier molecular flexibility index (Phi) is 6.19. The molecule has 0 spiro atoms. The lowest BCUT2D eigenvalue weighted by molar-refractivity contribution is 0.156. The van der Waals surface area contributed by atoms with E-state index in [1.165, 1.54) is 11.3 Å². The average Bonchev–Trinajstić information content (AvgIpc) is 3.28. The van der Waals surface area contributed by atoms with E-state index in [0.29, 0.717) is 17.2 Å². The van der Waals surface area contributed by atoms with Crippen molar-refractivity contribution in [1.29, 1.82) is 0 Å². The Hall–Kier alpha value is -2.20. The van der Waals surface area contributed by atoms with Gasteiger partial charge < -0.3 is 14.4 Å². The molecule has 0 aliphatic rings. The van der Waals surface area contributed by atoms with E-state index in [-0.39, 0.29) is 24.1 Å². The van der Waals surface area contributed by atoms with Crippen LogP contribution < -0.4 is 4.31 Å². The standard InChI is InChI=1S/C19H22N2O5S2/c1-4-25-12-21(18-9-13(2)26-20-18)28(23,24)17-10-14(3)27-19(17)16-7-5-15(11-22)6-8-16/h5-10,22H,4,11-12H2,1-3H3. The van der Waals surface area contributed by atoms with E-state index in [4.69, 9.17) is 9.26 Å². The SMILES string of the molecule is CCOCN(c1cc(C)on1)S(=O)(=O)c1cc(C)sc1-c1ccc(CO)cc1. The lowest BCUT2D eigenvalue weighted by Gasteiger charge is -2.21. The molecule has 0 fully saturated rings. The van der Waals surface area contributed by atoms with Crippen molar-refractivity contribution in [2.75, 3.05) is 17.6 Å². The van der Waals surface area contributed by atoms with Crippen LogP contribution in [0.15, 0.2) is 45.8 Å². The molecule has 2 heterocycles. The fourth-order valence-corrected chi connectivity index (χ4v) is 5.56.